The highest BCUT2D eigenvalue weighted by atomic mass is 32.1. The van der Waals surface area contributed by atoms with Crippen molar-refractivity contribution >= 4 is 43.8 Å². The highest BCUT2D eigenvalue weighted by molar-refractivity contribution is 7.23. The highest BCUT2D eigenvalue weighted by Gasteiger charge is 2.30. The Morgan fingerprint density at radius 3 is 2.62 bits per heavy atom. The number of carbonyl (C=O) groups is 1. The van der Waals surface area contributed by atoms with Crippen LogP contribution in [-0.4, -0.2) is 10.9 Å². The number of hydrogen-bond acceptors (Lipinski definition) is 5. The Balaban J connectivity index is 0.00000156. The number of amides is 1. The van der Waals surface area contributed by atoms with Crippen molar-refractivity contribution in [3.05, 3.63) is 69.7 Å². The summed E-state index contributed by atoms with van der Waals surface area (Å²) in [5, 5.41) is 16.0. The molecule has 5 rings (SSSR count). The minimum absolute atomic E-state index is 0.231. The van der Waals surface area contributed by atoms with Crippen LogP contribution in [0.2, 0.25) is 0 Å². The number of nitrogens with one attached hydrogen (secondary N) is 1. The third kappa shape index (κ3) is 5.71. The molecule has 0 aliphatic heterocycles. The zero-order chi connectivity index (χ0) is 26.6. The van der Waals surface area contributed by atoms with Crippen molar-refractivity contribution in [2.45, 2.75) is 58.5 Å². The Kier molecular flexibility index (Phi) is 8.30. The molecule has 192 valence electrons. The number of nitriles is 1. The molecule has 1 aliphatic rings. The number of aromatic nitrogens is 1. The molecule has 3 heterocycles. The van der Waals surface area contributed by atoms with Gasteiger partial charge in [0.1, 0.15) is 15.9 Å². The first-order valence-electron chi connectivity index (χ1n) is 12.2. The molecule has 1 aromatic carbocycles. The van der Waals surface area contributed by atoms with Crippen LogP contribution in [0.1, 0.15) is 61.1 Å². The van der Waals surface area contributed by atoms with E-state index in [1.54, 1.807) is 11.3 Å². The van der Waals surface area contributed by atoms with Crippen molar-refractivity contribution in [1.82, 2.24) is 4.98 Å². The largest absolute Gasteiger partial charge is 0.416 e. The lowest BCUT2D eigenvalue weighted by Gasteiger charge is -2.13. The molecule has 4 aromatic rings. The Bertz CT molecular complexity index is 1450. The van der Waals surface area contributed by atoms with E-state index in [0.29, 0.717) is 15.4 Å². The number of alkyl halides is 3. The molecule has 1 N–H and O–H groups in total. The lowest BCUT2D eigenvalue weighted by molar-refractivity contribution is -0.137. The number of thiophene rings is 2. The van der Waals surface area contributed by atoms with Crippen molar-refractivity contribution in [1.29, 1.82) is 5.26 Å². The minimum atomic E-state index is -4.48. The second-order valence-corrected chi connectivity index (χ2v) is 10.4. The molecule has 3 aromatic heterocycles. The molecule has 9 heteroatoms. The van der Waals surface area contributed by atoms with Crippen molar-refractivity contribution in [2.24, 2.45) is 0 Å². The summed E-state index contributed by atoms with van der Waals surface area (Å²) in [6.45, 7) is 4.00. The molecule has 1 amide bonds. The van der Waals surface area contributed by atoms with Gasteiger partial charge in [-0.05, 0) is 54.3 Å². The van der Waals surface area contributed by atoms with Gasteiger partial charge in [0.05, 0.1) is 17.5 Å². The summed E-state index contributed by atoms with van der Waals surface area (Å²) >= 11 is 2.85. The summed E-state index contributed by atoms with van der Waals surface area (Å²) < 4.78 is 39.1. The number of anilines is 1. The van der Waals surface area contributed by atoms with Crippen molar-refractivity contribution in [3.8, 4) is 16.5 Å². The first-order chi connectivity index (χ1) is 17.8. The normalized spacial score (nSPS) is 13.2. The van der Waals surface area contributed by atoms with Crippen LogP contribution in [0.15, 0.2) is 41.8 Å². The topological polar surface area (TPSA) is 65.8 Å². The fourth-order valence-electron chi connectivity index (χ4n) is 4.56. The molecule has 1 aliphatic carbocycles. The lowest BCUT2D eigenvalue weighted by Crippen LogP contribution is -2.15. The molecule has 0 unspecified atom stereocenters. The first kappa shape index (κ1) is 26.8. The molecular formula is C28H26F3N3OS2. The van der Waals surface area contributed by atoms with Crippen LogP contribution in [0.3, 0.4) is 0 Å². The molecule has 0 saturated heterocycles. The van der Waals surface area contributed by atoms with Crippen molar-refractivity contribution < 1.29 is 18.0 Å². The minimum Gasteiger partial charge on any atom is -0.316 e. The van der Waals surface area contributed by atoms with E-state index in [9.17, 15) is 23.2 Å². The van der Waals surface area contributed by atoms with Crippen molar-refractivity contribution in [2.75, 3.05) is 5.32 Å². The van der Waals surface area contributed by atoms with Gasteiger partial charge in [0, 0.05) is 21.5 Å². The summed E-state index contributed by atoms with van der Waals surface area (Å²) in [7, 11) is 0. The maximum Gasteiger partial charge on any atom is 0.416 e. The predicted octanol–water partition coefficient (Wildman–Crippen LogP) is 8.39. The molecule has 0 fully saturated rings. The second kappa shape index (κ2) is 11.4. The number of halogens is 3. The van der Waals surface area contributed by atoms with E-state index >= 15 is 0 Å². The van der Waals surface area contributed by atoms with Gasteiger partial charge in [0.2, 0.25) is 5.91 Å². The Labute approximate surface area is 221 Å². The zero-order valence-electron chi connectivity index (χ0n) is 20.5. The van der Waals surface area contributed by atoms with Crippen LogP contribution >= 0.6 is 22.7 Å². The van der Waals surface area contributed by atoms with Gasteiger partial charge in [-0.15, -0.1) is 11.3 Å². The Morgan fingerprint density at radius 2 is 1.92 bits per heavy atom. The fourth-order valence-corrected chi connectivity index (χ4v) is 6.44. The van der Waals surface area contributed by atoms with Crippen molar-refractivity contribution in [3.63, 3.8) is 0 Å². The summed E-state index contributed by atoms with van der Waals surface area (Å²) in [4.78, 5) is 19.4. The SMILES string of the molecule is CC.N#Cc1c(NC(=O)Cc2cccc(C(F)(F)F)c2)sc2nc3c(c(-c4cccs4)c12)CCCCC3. The average molecular weight is 542 g/mol. The fraction of sp³-hybridized carbons (Fsp3) is 0.321. The summed E-state index contributed by atoms with van der Waals surface area (Å²) in [5.41, 5.74) is 3.05. The van der Waals surface area contributed by atoms with Gasteiger partial charge in [0.25, 0.3) is 0 Å². The third-order valence-corrected chi connectivity index (χ3v) is 8.00. The van der Waals surface area contributed by atoms with Gasteiger partial charge in [-0.1, -0.05) is 55.9 Å². The van der Waals surface area contributed by atoms with E-state index in [2.05, 4.69) is 11.4 Å². The number of fused-ring (bicyclic) bond motifs is 2. The maximum atomic E-state index is 13.0. The molecule has 0 atom stereocenters. The Hall–Kier alpha value is -3.22. The van der Waals surface area contributed by atoms with Crippen LogP contribution in [-0.2, 0) is 30.2 Å². The van der Waals surface area contributed by atoms with Crippen LogP contribution in [0.25, 0.3) is 20.7 Å². The van der Waals surface area contributed by atoms with Gasteiger partial charge in [-0.3, -0.25) is 4.79 Å². The Morgan fingerprint density at radius 1 is 1.14 bits per heavy atom. The predicted molar refractivity (Wildman–Crippen MR) is 144 cm³/mol. The number of aryl methyl sites for hydroxylation is 1. The average Bonchev–Trinajstić information content (AvgIpc) is 3.45. The molecule has 4 nitrogen and oxygen atoms in total. The highest BCUT2D eigenvalue weighted by Crippen LogP contribution is 2.45. The summed E-state index contributed by atoms with van der Waals surface area (Å²) in [6.07, 6.45) is 0.316. The number of benzene rings is 1. The van der Waals surface area contributed by atoms with Gasteiger partial charge in [0.15, 0.2) is 0 Å². The smallest absolute Gasteiger partial charge is 0.316 e. The first-order valence-corrected chi connectivity index (χ1v) is 13.9. The zero-order valence-corrected chi connectivity index (χ0v) is 22.2. The number of nitrogens with zero attached hydrogens (tertiary/aromatic N) is 2. The molecular weight excluding hydrogens is 515 g/mol. The van der Waals surface area contributed by atoms with Gasteiger partial charge in [-0.25, -0.2) is 4.98 Å². The van der Waals surface area contributed by atoms with E-state index < -0.39 is 17.6 Å². The molecule has 0 bridgehead atoms. The van der Waals surface area contributed by atoms with Crippen LogP contribution in [0.4, 0.5) is 18.2 Å². The van der Waals surface area contributed by atoms with Crippen LogP contribution in [0, 0.1) is 11.3 Å². The van der Waals surface area contributed by atoms with Gasteiger partial charge in [-0.2, -0.15) is 18.4 Å². The van der Waals surface area contributed by atoms with E-state index in [-0.39, 0.29) is 12.0 Å². The van der Waals surface area contributed by atoms with E-state index in [4.69, 9.17) is 4.98 Å². The number of pyridine rings is 1. The van der Waals surface area contributed by atoms with Crippen LogP contribution in [0.5, 0.6) is 0 Å². The number of rotatable bonds is 4. The number of hydrogen-bond donors (Lipinski definition) is 1. The van der Waals surface area contributed by atoms with E-state index in [1.807, 2.05) is 31.4 Å². The molecule has 37 heavy (non-hydrogen) atoms. The van der Waals surface area contributed by atoms with Gasteiger partial charge < -0.3 is 5.32 Å². The molecule has 0 spiro atoms. The number of carbonyl (C=O) groups excluding carboxylic acids is 1. The monoisotopic (exact) mass is 541 g/mol. The summed E-state index contributed by atoms with van der Waals surface area (Å²) in [6, 6.07) is 11.0. The standard InChI is InChI=1S/C26H20F3N3OS2.C2H6/c27-26(28,29)16-7-4-6-15(12-16)13-21(33)32-24-18(14-30)23-22(20-10-5-11-34-20)17-8-2-1-3-9-19(17)31-25(23)35-24;1-2/h4-7,10-12H,1-3,8-9,13H2,(H,32,33);1-2H3. The molecule has 0 saturated carbocycles. The van der Waals surface area contributed by atoms with E-state index in [1.165, 1.54) is 29.0 Å². The maximum absolute atomic E-state index is 13.0. The lowest BCUT2D eigenvalue weighted by atomic mass is 9.96. The third-order valence-electron chi connectivity index (χ3n) is 6.12. The van der Waals surface area contributed by atoms with Crippen LogP contribution < -0.4 is 5.32 Å². The van der Waals surface area contributed by atoms with Gasteiger partial charge >= 0.3 is 6.18 Å². The van der Waals surface area contributed by atoms with E-state index in [0.717, 1.165) is 65.8 Å². The second-order valence-electron chi connectivity index (χ2n) is 8.47. The summed E-state index contributed by atoms with van der Waals surface area (Å²) in [5.74, 6) is -0.480. The molecule has 0 radical (unpaired) electrons. The quantitative estimate of drug-likeness (QED) is 0.264.